The molecule has 0 atom stereocenters. The number of hydrogen-bond acceptors (Lipinski definition) is 1. The average Bonchev–Trinajstić information content (AvgIpc) is 3.75. The van der Waals surface area contributed by atoms with Gasteiger partial charge in [0.15, 0.2) is 0 Å². The number of hydrogen-bond donors (Lipinski definition) is 0. The summed E-state index contributed by atoms with van der Waals surface area (Å²) in [5, 5.41) is 7.30. The summed E-state index contributed by atoms with van der Waals surface area (Å²) < 4.78 is 2.49. The second kappa shape index (κ2) is 17.4. The summed E-state index contributed by atoms with van der Waals surface area (Å²) in [7, 11) is 0. The lowest BCUT2D eigenvalue weighted by Crippen LogP contribution is -2.11. The van der Waals surface area contributed by atoms with E-state index >= 15 is 0 Å². The van der Waals surface area contributed by atoms with Crippen molar-refractivity contribution in [1.82, 2.24) is 4.57 Å². The van der Waals surface area contributed by atoms with Gasteiger partial charge in [-0.1, -0.05) is 224 Å². The van der Waals surface area contributed by atoms with Gasteiger partial charge in [-0.15, -0.1) is 0 Å². The number of anilines is 3. The van der Waals surface area contributed by atoms with E-state index < -0.39 is 0 Å². The van der Waals surface area contributed by atoms with Crippen LogP contribution >= 0.6 is 0 Å². The third-order valence-corrected chi connectivity index (χ3v) is 14.0. The van der Waals surface area contributed by atoms with Gasteiger partial charge < -0.3 is 9.47 Å². The Labute approximate surface area is 408 Å². The molecule has 2 heteroatoms. The van der Waals surface area contributed by atoms with Crippen LogP contribution in [0.1, 0.15) is 0 Å². The lowest BCUT2D eigenvalue weighted by molar-refractivity contribution is 1.18. The molecule has 1 aromatic heterocycles. The van der Waals surface area contributed by atoms with Crippen molar-refractivity contribution in [2.45, 2.75) is 0 Å². The molecule has 0 bridgehead atoms. The third-order valence-electron chi connectivity index (χ3n) is 14.0. The minimum atomic E-state index is 1.10. The molecule has 0 spiro atoms. The monoisotopic (exact) mass is 890 g/mol. The van der Waals surface area contributed by atoms with E-state index in [9.17, 15) is 0 Å². The van der Waals surface area contributed by atoms with E-state index in [1.165, 1.54) is 82.3 Å². The molecule has 0 aliphatic heterocycles. The van der Waals surface area contributed by atoms with Crippen LogP contribution in [0.3, 0.4) is 0 Å². The zero-order valence-electron chi connectivity index (χ0n) is 38.5. The van der Waals surface area contributed by atoms with E-state index in [4.69, 9.17) is 0 Å². The lowest BCUT2D eigenvalue weighted by Gasteiger charge is -2.29. The first kappa shape index (κ1) is 41.0. The highest BCUT2D eigenvalue weighted by molar-refractivity contribution is 6.15. The van der Waals surface area contributed by atoms with Gasteiger partial charge in [0.1, 0.15) is 0 Å². The highest BCUT2D eigenvalue weighted by Crippen LogP contribution is 2.47. The fraction of sp³-hybridized carbons (Fsp3) is 0. The Bertz CT molecular complexity index is 4050. The van der Waals surface area contributed by atoms with Gasteiger partial charge in [0.05, 0.1) is 22.4 Å². The van der Waals surface area contributed by atoms with E-state index in [-0.39, 0.29) is 0 Å². The molecule has 0 fully saturated rings. The molecule has 0 amide bonds. The Morgan fingerprint density at radius 2 is 0.743 bits per heavy atom. The Morgan fingerprint density at radius 3 is 1.47 bits per heavy atom. The molecule has 0 saturated carbocycles. The van der Waals surface area contributed by atoms with Gasteiger partial charge in [-0.25, -0.2) is 0 Å². The van der Waals surface area contributed by atoms with Crippen LogP contribution in [0.15, 0.2) is 279 Å². The van der Waals surface area contributed by atoms with Crippen molar-refractivity contribution in [3.8, 4) is 61.3 Å². The maximum absolute atomic E-state index is 2.49. The van der Waals surface area contributed by atoms with Crippen LogP contribution in [-0.2, 0) is 0 Å². The fourth-order valence-corrected chi connectivity index (χ4v) is 10.8. The Hall–Kier alpha value is -9.24. The molecule has 0 aliphatic carbocycles. The largest absolute Gasteiger partial charge is 0.309 e. The molecule has 1 heterocycles. The van der Waals surface area contributed by atoms with Crippen LogP contribution in [-0.4, -0.2) is 4.57 Å². The van der Waals surface area contributed by atoms with Crippen molar-refractivity contribution in [2.75, 3.05) is 4.90 Å². The molecule has 0 unspecified atom stereocenters. The van der Waals surface area contributed by atoms with E-state index in [1.807, 2.05) is 0 Å². The molecule has 12 aromatic carbocycles. The normalized spacial score (nSPS) is 11.4. The lowest BCUT2D eigenvalue weighted by atomic mass is 9.89. The van der Waals surface area contributed by atoms with Crippen molar-refractivity contribution in [3.05, 3.63) is 279 Å². The Balaban J connectivity index is 1.03. The molecular formula is C68H46N2. The molecule has 0 radical (unpaired) electrons. The summed E-state index contributed by atoms with van der Waals surface area (Å²) in [4.78, 5) is 2.42. The standard InChI is InChI=1S/C68H46N2/c1-4-21-47(22-5-1)55-31-14-16-34-58(55)60-42-40-54(46-63(60)49-23-6-2-7-24-49)70-67-45-52(39-41-62(67)64-43-50-26-10-11-27-51(50)44-68(64)70)56-32-15-17-35-59(56)61-36-18-19-37-66(61)69(53-29-8-3-9-30-53)65-38-20-28-48-25-12-13-33-57(48)65/h1-46H. The summed E-state index contributed by atoms with van der Waals surface area (Å²) in [5.41, 5.74) is 18.6. The Kier molecular flexibility index (Phi) is 10.2. The van der Waals surface area contributed by atoms with Crippen molar-refractivity contribution in [2.24, 2.45) is 0 Å². The molecule has 0 N–H and O–H groups in total. The number of para-hydroxylation sites is 2. The minimum Gasteiger partial charge on any atom is -0.309 e. The van der Waals surface area contributed by atoms with Gasteiger partial charge in [0.2, 0.25) is 0 Å². The zero-order chi connectivity index (χ0) is 46.4. The first-order valence-corrected chi connectivity index (χ1v) is 24.1. The quantitative estimate of drug-likeness (QED) is 0.140. The predicted molar refractivity (Wildman–Crippen MR) is 298 cm³/mol. The number of benzene rings is 12. The van der Waals surface area contributed by atoms with Crippen LogP contribution in [0.5, 0.6) is 0 Å². The highest BCUT2D eigenvalue weighted by atomic mass is 15.1. The van der Waals surface area contributed by atoms with Crippen LogP contribution in [0.25, 0.3) is 105 Å². The van der Waals surface area contributed by atoms with E-state index in [0.29, 0.717) is 0 Å². The smallest absolute Gasteiger partial charge is 0.0547 e. The molecule has 328 valence electrons. The zero-order valence-corrected chi connectivity index (χ0v) is 38.5. The summed E-state index contributed by atoms with van der Waals surface area (Å²) in [5.74, 6) is 0. The van der Waals surface area contributed by atoms with E-state index in [0.717, 1.165) is 39.4 Å². The molecule has 70 heavy (non-hydrogen) atoms. The van der Waals surface area contributed by atoms with Gasteiger partial charge in [0.25, 0.3) is 0 Å². The molecule has 13 aromatic rings. The van der Waals surface area contributed by atoms with Gasteiger partial charge in [-0.3, -0.25) is 0 Å². The van der Waals surface area contributed by atoms with Crippen molar-refractivity contribution in [3.63, 3.8) is 0 Å². The van der Waals surface area contributed by atoms with Gasteiger partial charge in [0, 0.05) is 33.1 Å². The number of rotatable bonds is 9. The van der Waals surface area contributed by atoms with E-state index in [2.05, 4.69) is 289 Å². The second-order valence-electron chi connectivity index (χ2n) is 18.0. The molecule has 2 nitrogen and oxygen atoms in total. The average molecular weight is 891 g/mol. The van der Waals surface area contributed by atoms with Crippen molar-refractivity contribution in [1.29, 1.82) is 0 Å². The topological polar surface area (TPSA) is 8.17 Å². The van der Waals surface area contributed by atoms with Gasteiger partial charge >= 0.3 is 0 Å². The summed E-state index contributed by atoms with van der Waals surface area (Å²) >= 11 is 0. The van der Waals surface area contributed by atoms with Crippen molar-refractivity contribution < 1.29 is 0 Å². The number of fused-ring (bicyclic) bond motifs is 5. The van der Waals surface area contributed by atoms with Crippen LogP contribution in [0.4, 0.5) is 17.1 Å². The van der Waals surface area contributed by atoms with Crippen LogP contribution < -0.4 is 4.90 Å². The van der Waals surface area contributed by atoms with Crippen molar-refractivity contribution >= 4 is 60.4 Å². The minimum absolute atomic E-state index is 1.10. The predicted octanol–water partition coefficient (Wildman–Crippen LogP) is 18.9. The Morgan fingerprint density at radius 1 is 0.243 bits per heavy atom. The highest BCUT2D eigenvalue weighted by Gasteiger charge is 2.22. The molecular weight excluding hydrogens is 845 g/mol. The first-order valence-electron chi connectivity index (χ1n) is 24.1. The maximum atomic E-state index is 2.49. The summed E-state index contributed by atoms with van der Waals surface area (Å²) in [6.07, 6.45) is 0. The molecule has 0 aliphatic rings. The number of aromatic nitrogens is 1. The summed E-state index contributed by atoms with van der Waals surface area (Å²) in [6, 6.07) is 102. The molecule has 0 saturated heterocycles. The number of nitrogens with zero attached hydrogens (tertiary/aromatic N) is 2. The fourth-order valence-electron chi connectivity index (χ4n) is 10.8. The van der Waals surface area contributed by atoms with Gasteiger partial charge in [-0.2, -0.15) is 0 Å². The van der Waals surface area contributed by atoms with Crippen LogP contribution in [0.2, 0.25) is 0 Å². The van der Waals surface area contributed by atoms with Crippen LogP contribution in [0, 0.1) is 0 Å². The maximum Gasteiger partial charge on any atom is 0.0547 e. The third kappa shape index (κ3) is 7.13. The SMILES string of the molecule is c1ccc(-c2ccccc2-c2ccc(-n3c4cc(-c5ccccc5-c5ccccc5N(c5ccccc5)c5cccc6ccccc56)ccc4c4cc5ccccc5cc43)cc2-c2ccccc2)cc1. The van der Waals surface area contributed by atoms with E-state index in [1.54, 1.807) is 0 Å². The molecule has 13 rings (SSSR count). The second-order valence-corrected chi connectivity index (χ2v) is 18.0. The first-order chi connectivity index (χ1) is 34.7. The van der Waals surface area contributed by atoms with Gasteiger partial charge in [-0.05, 0) is 121 Å². The summed E-state index contributed by atoms with van der Waals surface area (Å²) in [6.45, 7) is 0.